The first-order valence-corrected chi connectivity index (χ1v) is 8.50. The van der Waals surface area contributed by atoms with Crippen LogP contribution in [0.25, 0.3) is 11.0 Å². The molecule has 2 aromatic heterocycles. The Labute approximate surface area is 150 Å². The summed E-state index contributed by atoms with van der Waals surface area (Å²) < 4.78 is 0. The molecule has 0 bridgehead atoms. The van der Waals surface area contributed by atoms with E-state index in [4.69, 9.17) is 0 Å². The molecule has 1 aliphatic rings. The van der Waals surface area contributed by atoms with Crippen molar-refractivity contribution in [2.45, 2.75) is 19.9 Å². The molecule has 3 heterocycles. The third-order valence-corrected chi connectivity index (χ3v) is 4.48. The summed E-state index contributed by atoms with van der Waals surface area (Å²) in [5.74, 6) is -0.151. The number of benzene rings is 1. The highest BCUT2D eigenvalue weighted by Crippen LogP contribution is 2.23. The van der Waals surface area contributed by atoms with Gasteiger partial charge in [0.25, 0.3) is 5.91 Å². The van der Waals surface area contributed by atoms with Gasteiger partial charge in [0.15, 0.2) is 5.65 Å². The van der Waals surface area contributed by atoms with Crippen molar-refractivity contribution in [2.75, 3.05) is 11.9 Å². The fraction of sp³-hybridized carbons (Fsp3) is 0.200. The van der Waals surface area contributed by atoms with Crippen molar-refractivity contribution in [3.05, 3.63) is 65.5 Å². The SMILES string of the molecule is CC(=O)Nc1ccc(C(=O)N2CCc3nc4ncccc4cc3C2)cc1. The van der Waals surface area contributed by atoms with Crippen LogP contribution in [0.15, 0.2) is 48.7 Å². The van der Waals surface area contributed by atoms with Gasteiger partial charge in [-0.3, -0.25) is 9.59 Å². The van der Waals surface area contributed by atoms with Crippen LogP contribution in [0, 0.1) is 0 Å². The average molecular weight is 346 g/mol. The topological polar surface area (TPSA) is 75.2 Å². The Bertz CT molecular complexity index is 998. The quantitative estimate of drug-likeness (QED) is 0.774. The van der Waals surface area contributed by atoms with E-state index in [1.807, 2.05) is 17.0 Å². The number of nitrogens with one attached hydrogen (secondary N) is 1. The third kappa shape index (κ3) is 3.13. The van der Waals surface area contributed by atoms with Crippen LogP contribution in [0.1, 0.15) is 28.5 Å². The van der Waals surface area contributed by atoms with Crippen LogP contribution in [0.2, 0.25) is 0 Å². The van der Waals surface area contributed by atoms with Gasteiger partial charge in [-0.2, -0.15) is 0 Å². The lowest BCUT2D eigenvalue weighted by molar-refractivity contribution is -0.114. The second-order valence-corrected chi connectivity index (χ2v) is 6.38. The van der Waals surface area contributed by atoms with E-state index in [-0.39, 0.29) is 11.8 Å². The van der Waals surface area contributed by atoms with Gasteiger partial charge in [0.2, 0.25) is 5.91 Å². The van der Waals surface area contributed by atoms with Gasteiger partial charge in [-0.05, 0) is 48.0 Å². The lowest BCUT2D eigenvalue weighted by Gasteiger charge is -2.28. The second kappa shape index (κ2) is 6.55. The standard InChI is InChI=1S/C20H18N4O2/c1-13(25)22-17-6-4-14(5-7-17)20(26)24-10-8-18-16(12-24)11-15-3-2-9-21-19(15)23-18/h2-7,9,11H,8,10,12H2,1H3,(H,22,25). The van der Waals surface area contributed by atoms with E-state index in [9.17, 15) is 9.59 Å². The van der Waals surface area contributed by atoms with Crippen LogP contribution in [0.5, 0.6) is 0 Å². The van der Waals surface area contributed by atoms with Gasteiger partial charge in [0.05, 0.1) is 0 Å². The van der Waals surface area contributed by atoms with Crippen LogP contribution in [0.3, 0.4) is 0 Å². The van der Waals surface area contributed by atoms with Crippen molar-refractivity contribution in [3.63, 3.8) is 0 Å². The van der Waals surface area contributed by atoms with Gasteiger partial charge in [0.1, 0.15) is 0 Å². The highest BCUT2D eigenvalue weighted by Gasteiger charge is 2.23. The number of amides is 2. The zero-order valence-electron chi connectivity index (χ0n) is 14.4. The zero-order chi connectivity index (χ0) is 18.1. The monoisotopic (exact) mass is 346 g/mol. The molecule has 1 aliphatic heterocycles. The predicted octanol–water partition coefficient (Wildman–Crippen LogP) is 2.79. The summed E-state index contributed by atoms with van der Waals surface area (Å²) in [4.78, 5) is 34.7. The predicted molar refractivity (Wildman–Crippen MR) is 98.7 cm³/mol. The maximum atomic E-state index is 12.8. The van der Waals surface area contributed by atoms with Crippen LogP contribution in [-0.2, 0) is 17.8 Å². The minimum Gasteiger partial charge on any atom is -0.334 e. The van der Waals surface area contributed by atoms with Gasteiger partial charge in [-0.1, -0.05) is 0 Å². The summed E-state index contributed by atoms with van der Waals surface area (Å²) in [6, 6.07) is 12.9. The number of fused-ring (bicyclic) bond motifs is 2. The fourth-order valence-corrected chi connectivity index (χ4v) is 3.22. The van der Waals surface area contributed by atoms with Gasteiger partial charge < -0.3 is 10.2 Å². The number of carbonyl (C=O) groups is 2. The Morgan fingerprint density at radius 1 is 1.15 bits per heavy atom. The minimum atomic E-state index is -0.133. The Kier molecular flexibility index (Phi) is 4.08. The Morgan fingerprint density at radius 2 is 1.96 bits per heavy atom. The summed E-state index contributed by atoms with van der Waals surface area (Å²) in [5.41, 5.74) is 4.12. The molecular formula is C20H18N4O2. The summed E-state index contributed by atoms with van der Waals surface area (Å²) in [6.07, 6.45) is 2.46. The maximum absolute atomic E-state index is 12.8. The van der Waals surface area contributed by atoms with Gasteiger partial charge in [-0.25, -0.2) is 9.97 Å². The molecule has 1 N–H and O–H groups in total. The minimum absolute atomic E-state index is 0.0173. The number of rotatable bonds is 2. The molecule has 1 aromatic carbocycles. The van der Waals surface area contributed by atoms with E-state index < -0.39 is 0 Å². The number of pyridine rings is 2. The average Bonchev–Trinajstić information content (AvgIpc) is 2.65. The molecule has 0 unspecified atom stereocenters. The molecule has 4 rings (SSSR count). The number of hydrogen-bond acceptors (Lipinski definition) is 4. The fourth-order valence-electron chi connectivity index (χ4n) is 3.22. The summed E-state index contributed by atoms with van der Waals surface area (Å²) >= 11 is 0. The second-order valence-electron chi connectivity index (χ2n) is 6.38. The summed E-state index contributed by atoms with van der Waals surface area (Å²) in [6.45, 7) is 2.63. The highest BCUT2D eigenvalue weighted by atomic mass is 16.2. The molecule has 0 aliphatic carbocycles. The Balaban J connectivity index is 1.55. The normalized spacial score (nSPS) is 13.3. The molecular weight excluding hydrogens is 328 g/mol. The maximum Gasteiger partial charge on any atom is 0.254 e. The lowest BCUT2D eigenvalue weighted by Crippen LogP contribution is -2.36. The van der Waals surface area contributed by atoms with E-state index >= 15 is 0 Å². The Morgan fingerprint density at radius 3 is 2.73 bits per heavy atom. The van der Waals surface area contributed by atoms with Crippen LogP contribution in [0.4, 0.5) is 5.69 Å². The smallest absolute Gasteiger partial charge is 0.254 e. The molecule has 0 spiro atoms. The molecule has 0 saturated heterocycles. The molecule has 0 atom stereocenters. The van der Waals surface area contributed by atoms with E-state index in [0.29, 0.717) is 24.3 Å². The van der Waals surface area contributed by atoms with Crippen molar-refractivity contribution in [2.24, 2.45) is 0 Å². The van der Waals surface area contributed by atoms with Crippen molar-refractivity contribution in [3.8, 4) is 0 Å². The number of carbonyl (C=O) groups excluding carboxylic acids is 2. The van der Waals surface area contributed by atoms with Crippen molar-refractivity contribution in [1.29, 1.82) is 0 Å². The first-order valence-electron chi connectivity index (χ1n) is 8.50. The van der Waals surface area contributed by atoms with Crippen LogP contribution < -0.4 is 5.32 Å². The highest BCUT2D eigenvalue weighted by molar-refractivity contribution is 5.95. The van der Waals surface area contributed by atoms with E-state index in [1.54, 1.807) is 30.5 Å². The van der Waals surface area contributed by atoms with E-state index in [0.717, 1.165) is 28.7 Å². The number of aromatic nitrogens is 2. The van der Waals surface area contributed by atoms with E-state index in [1.165, 1.54) is 6.92 Å². The first kappa shape index (κ1) is 16.2. The van der Waals surface area contributed by atoms with Crippen molar-refractivity contribution >= 4 is 28.5 Å². The molecule has 26 heavy (non-hydrogen) atoms. The molecule has 6 nitrogen and oxygen atoms in total. The van der Waals surface area contributed by atoms with Crippen LogP contribution >= 0.6 is 0 Å². The number of hydrogen-bond donors (Lipinski definition) is 1. The van der Waals surface area contributed by atoms with Crippen molar-refractivity contribution in [1.82, 2.24) is 14.9 Å². The van der Waals surface area contributed by atoms with Gasteiger partial charge in [0, 0.05) is 55.0 Å². The zero-order valence-corrected chi connectivity index (χ0v) is 14.4. The summed E-state index contributed by atoms with van der Waals surface area (Å²) in [5, 5.41) is 3.69. The Hall–Kier alpha value is -3.28. The molecule has 0 fully saturated rings. The molecule has 130 valence electrons. The molecule has 0 saturated carbocycles. The number of nitrogens with zero attached hydrogens (tertiary/aromatic N) is 3. The van der Waals surface area contributed by atoms with Gasteiger partial charge in [-0.15, -0.1) is 0 Å². The molecule has 2 amide bonds. The van der Waals surface area contributed by atoms with Gasteiger partial charge >= 0.3 is 0 Å². The number of anilines is 1. The molecule has 0 radical (unpaired) electrons. The largest absolute Gasteiger partial charge is 0.334 e. The molecule has 6 heteroatoms. The van der Waals surface area contributed by atoms with Crippen LogP contribution in [-0.4, -0.2) is 33.2 Å². The first-order chi connectivity index (χ1) is 12.6. The summed E-state index contributed by atoms with van der Waals surface area (Å²) in [7, 11) is 0. The lowest BCUT2D eigenvalue weighted by atomic mass is 10.0. The molecule has 3 aromatic rings. The van der Waals surface area contributed by atoms with E-state index in [2.05, 4.69) is 21.4 Å². The van der Waals surface area contributed by atoms with Crippen molar-refractivity contribution < 1.29 is 9.59 Å². The third-order valence-electron chi connectivity index (χ3n) is 4.48.